The fourth-order valence-corrected chi connectivity index (χ4v) is 2.52. The lowest BCUT2D eigenvalue weighted by Gasteiger charge is -2.26. The highest BCUT2D eigenvalue weighted by Crippen LogP contribution is 2.30. The van der Waals surface area contributed by atoms with Gasteiger partial charge in [-0.3, -0.25) is 10.1 Å². The number of benzene rings is 1. The minimum absolute atomic E-state index is 0.0219. The predicted molar refractivity (Wildman–Crippen MR) is 74.3 cm³/mol. The van der Waals surface area contributed by atoms with Crippen LogP contribution in [0, 0.1) is 10.1 Å². The van der Waals surface area contributed by atoms with E-state index in [2.05, 4.69) is 21.2 Å². The lowest BCUT2D eigenvalue weighted by atomic mass is 9.96. The zero-order valence-corrected chi connectivity index (χ0v) is 12.0. The monoisotopic (exact) mass is 330 g/mol. The third-order valence-corrected chi connectivity index (χ3v) is 4.06. The van der Waals surface area contributed by atoms with Gasteiger partial charge in [-0.1, -0.05) is 0 Å². The van der Waals surface area contributed by atoms with E-state index in [0.717, 1.165) is 0 Å². The molecule has 0 radical (unpaired) electrons. The lowest BCUT2D eigenvalue weighted by Crippen LogP contribution is -2.43. The van der Waals surface area contributed by atoms with Gasteiger partial charge in [-0.25, -0.2) is 0 Å². The number of non-ortho nitro benzene ring substituents is 1. The molecule has 0 aliphatic carbocycles. The second-order valence-electron chi connectivity index (χ2n) is 4.64. The van der Waals surface area contributed by atoms with Crippen LogP contribution in [0.5, 0.6) is 0 Å². The molecule has 0 bridgehead atoms. The number of hydrogen-bond acceptors (Lipinski definition) is 5. The van der Waals surface area contributed by atoms with Gasteiger partial charge < -0.3 is 15.2 Å². The Morgan fingerprint density at radius 1 is 1.68 bits per heavy atom. The van der Waals surface area contributed by atoms with Crippen molar-refractivity contribution in [3.63, 3.8) is 0 Å². The first-order valence-corrected chi connectivity index (χ1v) is 6.73. The van der Waals surface area contributed by atoms with Crippen LogP contribution in [0.3, 0.4) is 0 Å². The summed E-state index contributed by atoms with van der Waals surface area (Å²) in [5.74, 6) is 0. The molecule has 0 spiro atoms. The van der Waals surface area contributed by atoms with Gasteiger partial charge in [-0.15, -0.1) is 0 Å². The van der Waals surface area contributed by atoms with Crippen molar-refractivity contribution < 1.29 is 14.8 Å². The molecule has 1 heterocycles. The van der Waals surface area contributed by atoms with E-state index in [0.29, 0.717) is 29.7 Å². The molecule has 104 valence electrons. The number of nitro groups is 1. The maximum Gasteiger partial charge on any atom is 0.270 e. The third-order valence-electron chi connectivity index (χ3n) is 3.41. The molecule has 0 amide bonds. The molecule has 2 N–H and O–H groups in total. The van der Waals surface area contributed by atoms with Crippen LogP contribution in [0.4, 0.5) is 11.4 Å². The first kappa shape index (κ1) is 14.2. The average Bonchev–Trinajstić information content (AvgIpc) is 2.68. The Balaban J connectivity index is 2.06. The summed E-state index contributed by atoms with van der Waals surface area (Å²) in [5.41, 5.74) is -0.173. The van der Waals surface area contributed by atoms with Crippen molar-refractivity contribution >= 4 is 27.3 Å². The van der Waals surface area contributed by atoms with Gasteiger partial charge in [-0.05, 0) is 28.9 Å². The third kappa shape index (κ3) is 3.05. The largest absolute Gasteiger partial charge is 0.385 e. The Hall–Kier alpha value is -1.18. The Morgan fingerprint density at radius 3 is 2.95 bits per heavy atom. The van der Waals surface area contributed by atoms with Gasteiger partial charge in [0.1, 0.15) is 5.60 Å². The van der Waals surface area contributed by atoms with Gasteiger partial charge in [0.15, 0.2) is 0 Å². The van der Waals surface area contributed by atoms with E-state index < -0.39 is 10.5 Å². The summed E-state index contributed by atoms with van der Waals surface area (Å²) in [6.45, 7) is 2.71. The summed E-state index contributed by atoms with van der Waals surface area (Å²) in [6.07, 6.45) is 0.350. The van der Waals surface area contributed by atoms with Crippen molar-refractivity contribution in [1.82, 2.24) is 0 Å². The molecule has 1 aromatic rings. The van der Waals surface area contributed by atoms with Crippen LogP contribution in [-0.4, -0.2) is 34.9 Å². The van der Waals surface area contributed by atoms with Crippen molar-refractivity contribution in [3.05, 3.63) is 32.8 Å². The van der Waals surface area contributed by atoms with Gasteiger partial charge in [0.25, 0.3) is 5.69 Å². The summed E-state index contributed by atoms with van der Waals surface area (Å²) < 4.78 is 5.94. The summed E-state index contributed by atoms with van der Waals surface area (Å²) in [4.78, 5) is 10.2. The zero-order valence-electron chi connectivity index (χ0n) is 10.4. The molecule has 1 aliphatic heterocycles. The number of aliphatic hydroxyl groups is 1. The molecule has 1 saturated heterocycles. The summed E-state index contributed by atoms with van der Waals surface area (Å²) in [7, 11) is 0. The number of nitrogens with one attached hydrogen (secondary N) is 1. The molecule has 1 aliphatic rings. The van der Waals surface area contributed by atoms with E-state index in [9.17, 15) is 15.2 Å². The lowest BCUT2D eigenvalue weighted by molar-refractivity contribution is -0.384. The Kier molecular flexibility index (Phi) is 4.07. The summed E-state index contributed by atoms with van der Waals surface area (Å²) >= 11 is 3.28. The highest BCUT2D eigenvalue weighted by molar-refractivity contribution is 9.10. The smallest absolute Gasteiger partial charge is 0.270 e. The average molecular weight is 331 g/mol. The Bertz CT molecular complexity index is 497. The molecule has 0 aromatic heterocycles. The molecule has 7 heteroatoms. The van der Waals surface area contributed by atoms with Crippen LogP contribution in [-0.2, 0) is 4.74 Å². The van der Waals surface area contributed by atoms with Crippen LogP contribution >= 0.6 is 15.9 Å². The van der Waals surface area contributed by atoms with E-state index in [1.54, 1.807) is 6.07 Å². The van der Waals surface area contributed by atoms with Crippen LogP contribution < -0.4 is 5.32 Å². The molecule has 19 heavy (non-hydrogen) atoms. The first-order chi connectivity index (χ1) is 8.92. The standard InChI is InChI=1S/C12H15BrN2O4/c1-8-12(16,4-5-19-8)7-14-11-3-2-9(15(17)18)6-10(11)13/h2-3,6,8,14,16H,4-5,7H2,1H3. The predicted octanol–water partition coefficient (Wildman–Crippen LogP) is 2.31. The minimum atomic E-state index is -0.902. The number of nitrogens with zero attached hydrogens (tertiary/aromatic N) is 1. The quantitative estimate of drug-likeness (QED) is 0.653. The molecule has 2 atom stereocenters. The Morgan fingerprint density at radius 2 is 2.42 bits per heavy atom. The number of anilines is 1. The van der Waals surface area contributed by atoms with E-state index in [1.807, 2.05) is 6.92 Å². The molecular weight excluding hydrogens is 316 g/mol. The van der Waals surface area contributed by atoms with E-state index >= 15 is 0 Å². The van der Waals surface area contributed by atoms with Gasteiger partial charge in [-0.2, -0.15) is 0 Å². The van der Waals surface area contributed by atoms with Crippen molar-refractivity contribution in [3.8, 4) is 0 Å². The fraction of sp³-hybridized carbons (Fsp3) is 0.500. The molecule has 1 fully saturated rings. The molecule has 0 saturated carbocycles. The van der Waals surface area contributed by atoms with Gasteiger partial charge in [0.05, 0.1) is 11.0 Å². The van der Waals surface area contributed by atoms with Crippen LogP contribution in [0.15, 0.2) is 22.7 Å². The number of halogens is 1. The normalized spacial score (nSPS) is 26.4. The minimum Gasteiger partial charge on any atom is -0.385 e. The number of nitro benzene ring substituents is 1. The summed E-state index contributed by atoms with van der Waals surface area (Å²) in [5, 5.41) is 24.1. The first-order valence-electron chi connectivity index (χ1n) is 5.94. The van der Waals surface area contributed by atoms with Crippen molar-refractivity contribution in [1.29, 1.82) is 0 Å². The van der Waals surface area contributed by atoms with Crippen molar-refractivity contribution in [2.45, 2.75) is 25.0 Å². The van der Waals surface area contributed by atoms with Crippen LogP contribution in [0.1, 0.15) is 13.3 Å². The summed E-state index contributed by atoms with van der Waals surface area (Å²) in [6, 6.07) is 4.47. The Labute approximate surface area is 119 Å². The zero-order chi connectivity index (χ0) is 14.0. The SMILES string of the molecule is CC1OCCC1(O)CNc1ccc([N+](=O)[O-])cc1Br. The fourth-order valence-electron chi connectivity index (χ4n) is 2.01. The second kappa shape index (κ2) is 5.44. The molecule has 2 rings (SSSR count). The van der Waals surface area contributed by atoms with Crippen LogP contribution in [0.2, 0.25) is 0 Å². The van der Waals surface area contributed by atoms with E-state index in [4.69, 9.17) is 4.74 Å². The second-order valence-corrected chi connectivity index (χ2v) is 5.50. The van der Waals surface area contributed by atoms with Crippen molar-refractivity contribution in [2.24, 2.45) is 0 Å². The highest BCUT2D eigenvalue weighted by atomic mass is 79.9. The van der Waals surface area contributed by atoms with Gasteiger partial charge in [0, 0.05) is 41.9 Å². The number of ether oxygens (including phenoxy) is 1. The molecule has 6 nitrogen and oxygen atoms in total. The maximum atomic E-state index is 10.6. The van der Waals surface area contributed by atoms with Gasteiger partial charge in [0.2, 0.25) is 0 Å². The molecule has 2 unspecified atom stereocenters. The number of hydrogen-bond donors (Lipinski definition) is 2. The van der Waals surface area contributed by atoms with Gasteiger partial charge >= 0.3 is 0 Å². The topological polar surface area (TPSA) is 84.6 Å². The molecule has 1 aromatic carbocycles. The van der Waals surface area contributed by atoms with Crippen LogP contribution in [0.25, 0.3) is 0 Å². The number of rotatable bonds is 4. The van der Waals surface area contributed by atoms with Crippen molar-refractivity contribution in [2.75, 3.05) is 18.5 Å². The molecular formula is C12H15BrN2O4. The van der Waals surface area contributed by atoms with E-state index in [-0.39, 0.29) is 11.8 Å². The van der Waals surface area contributed by atoms with E-state index in [1.165, 1.54) is 12.1 Å². The highest BCUT2D eigenvalue weighted by Gasteiger charge is 2.39. The maximum absolute atomic E-state index is 10.6.